The predicted molar refractivity (Wildman–Crippen MR) is 82.5 cm³/mol. The molecule has 1 aromatic heterocycles. The molecule has 0 aliphatic heterocycles. The van der Waals surface area contributed by atoms with Gasteiger partial charge in [0, 0.05) is 5.56 Å². The van der Waals surface area contributed by atoms with E-state index in [0.29, 0.717) is 23.3 Å². The van der Waals surface area contributed by atoms with Crippen molar-refractivity contribution in [3.8, 4) is 17.2 Å². The minimum Gasteiger partial charge on any atom is -0.486 e. The summed E-state index contributed by atoms with van der Waals surface area (Å²) in [6.45, 7) is 2.31. The standard InChI is InChI=1S/C17H14ClNO2/c1-12-7-8-15(18)16(9-12)20-10-14-11-21-17(19-14)13-5-3-2-4-6-13/h2-9,11H,10H2,1H3. The number of halogens is 1. The highest BCUT2D eigenvalue weighted by Crippen LogP contribution is 2.26. The van der Waals surface area contributed by atoms with Crippen LogP contribution in [-0.2, 0) is 6.61 Å². The summed E-state index contributed by atoms with van der Waals surface area (Å²) < 4.78 is 11.2. The first-order valence-corrected chi connectivity index (χ1v) is 6.99. The number of nitrogens with zero attached hydrogens (tertiary/aromatic N) is 1. The minimum atomic E-state index is 0.319. The molecule has 0 saturated carbocycles. The Hall–Kier alpha value is -2.26. The monoisotopic (exact) mass is 299 g/mol. The Kier molecular flexibility index (Phi) is 3.93. The van der Waals surface area contributed by atoms with Crippen LogP contribution in [0.3, 0.4) is 0 Å². The maximum absolute atomic E-state index is 6.09. The normalized spacial score (nSPS) is 10.6. The Bertz CT molecular complexity index is 738. The van der Waals surface area contributed by atoms with E-state index in [1.807, 2.05) is 55.5 Å². The lowest BCUT2D eigenvalue weighted by atomic mass is 10.2. The van der Waals surface area contributed by atoms with Crippen molar-refractivity contribution in [2.45, 2.75) is 13.5 Å². The van der Waals surface area contributed by atoms with Crippen LogP contribution in [0.15, 0.2) is 59.2 Å². The number of hydrogen-bond donors (Lipinski definition) is 0. The fourth-order valence-electron chi connectivity index (χ4n) is 1.96. The molecule has 0 amide bonds. The molecular weight excluding hydrogens is 286 g/mol. The smallest absolute Gasteiger partial charge is 0.226 e. The largest absolute Gasteiger partial charge is 0.486 e. The second-order valence-electron chi connectivity index (χ2n) is 4.73. The Balaban J connectivity index is 1.72. The number of rotatable bonds is 4. The first-order chi connectivity index (χ1) is 10.2. The molecule has 3 nitrogen and oxygen atoms in total. The molecule has 2 aromatic carbocycles. The maximum Gasteiger partial charge on any atom is 0.226 e. The number of ether oxygens (including phenoxy) is 1. The molecule has 0 unspecified atom stereocenters. The molecule has 0 fully saturated rings. The van der Waals surface area contributed by atoms with E-state index in [1.165, 1.54) is 0 Å². The van der Waals surface area contributed by atoms with Gasteiger partial charge in [-0.1, -0.05) is 35.9 Å². The Morgan fingerprint density at radius 3 is 2.76 bits per heavy atom. The molecule has 106 valence electrons. The Morgan fingerprint density at radius 1 is 1.14 bits per heavy atom. The molecule has 0 bridgehead atoms. The zero-order valence-electron chi connectivity index (χ0n) is 11.5. The Morgan fingerprint density at radius 2 is 1.95 bits per heavy atom. The van der Waals surface area contributed by atoms with Crippen LogP contribution < -0.4 is 4.74 Å². The first kappa shape index (κ1) is 13.7. The number of aryl methyl sites for hydroxylation is 1. The third-order valence-electron chi connectivity index (χ3n) is 3.03. The van der Waals surface area contributed by atoms with Gasteiger partial charge in [-0.15, -0.1) is 0 Å². The molecule has 0 atom stereocenters. The number of aromatic nitrogens is 1. The van der Waals surface area contributed by atoms with Crippen LogP contribution in [0.25, 0.3) is 11.5 Å². The average Bonchev–Trinajstić information content (AvgIpc) is 2.98. The molecule has 3 aromatic rings. The van der Waals surface area contributed by atoms with E-state index in [1.54, 1.807) is 6.26 Å². The van der Waals surface area contributed by atoms with Crippen LogP contribution in [-0.4, -0.2) is 4.98 Å². The van der Waals surface area contributed by atoms with Gasteiger partial charge in [0.1, 0.15) is 24.3 Å². The number of oxazole rings is 1. The van der Waals surface area contributed by atoms with Crippen molar-refractivity contribution in [1.29, 1.82) is 0 Å². The van der Waals surface area contributed by atoms with Crippen LogP contribution in [0, 0.1) is 6.92 Å². The van der Waals surface area contributed by atoms with E-state index in [-0.39, 0.29) is 0 Å². The van der Waals surface area contributed by atoms with E-state index in [4.69, 9.17) is 20.8 Å². The Labute approximate surface area is 128 Å². The summed E-state index contributed by atoms with van der Waals surface area (Å²) in [7, 11) is 0. The molecule has 0 aliphatic rings. The maximum atomic E-state index is 6.09. The highest BCUT2D eigenvalue weighted by molar-refractivity contribution is 6.32. The van der Waals surface area contributed by atoms with Crippen LogP contribution >= 0.6 is 11.6 Å². The van der Waals surface area contributed by atoms with E-state index < -0.39 is 0 Å². The van der Waals surface area contributed by atoms with Gasteiger partial charge in [-0.2, -0.15) is 0 Å². The topological polar surface area (TPSA) is 35.3 Å². The van der Waals surface area contributed by atoms with Crippen molar-refractivity contribution < 1.29 is 9.15 Å². The SMILES string of the molecule is Cc1ccc(Cl)c(OCc2coc(-c3ccccc3)n2)c1. The number of benzene rings is 2. The zero-order chi connectivity index (χ0) is 14.7. The highest BCUT2D eigenvalue weighted by atomic mass is 35.5. The zero-order valence-corrected chi connectivity index (χ0v) is 12.3. The van der Waals surface area contributed by atoms with E-state index in [9.17, 15) is 0 Å². The second-order valence-corrected chi connectivity index (χ2v) is 5.14. The average molecular weight is 300 g/mol. The summed E-state index contributed by atoms with van der Waals surface area (Å²) in [5.74, 6) is 1.24. The van der Waals surface area contributed by atoms with Crippen LogP contribution in [0.2, 0.25) is 5.02 Å². The van der Waals surface area contributed by atoms with Crippen LogP contribution in [0.5, 0.6) is 5.75 Å². The van der Waals surface area contributed by atoms with Gasteiger partial charge >= 0.3 is 0 Å². The van der Waals surface area contributed by atoms with E-state index in [2.05, 4.69) is 4.98 Å². The summed E-state index contributed by atoms with van der Waals surface area (Å²) in [5, 5.41) is 0.590. The fraction of sp³-hybridized carbons (Fsp3) is 0.118. The van der Waals surface area contributed by atoms with Crippen molar-refractivity contribution in [1.82, 2.24) is 4.98 Å². The lowest BCUT2D eigenvalue weighted by molar-refractivity contribution is 0.301. The molecule has 0 N–H and O–H groups in total. The van der Waals surface area contributed by atoms with Gasteiger partial charge in [-0.3, -0.25) is 0 Å². The second kappa shape index (κ2) is 6.02. The first-order valence-electron chi connectivity index (χ1n) is 6.61. The minimum absolute atomic E-state index is 0.319. The van der Waals surface area contributed by atoms with Gasteiger partial charge in [0.2, 0.25) is 5.89 Å². The summed E-state index contributed by atoms with van der Waals surface area (Å²) in [4.78, 5) is 4.41. The van der Waals surface area contributed by atoms with Crippen molar-refractivity contribution in [2.24, 2.45) is 0 Å². The predicted octanol–water partition coefficient (Wildman–Crippen LogP) is 4.88. The molecule has 0 radical (unpaired) electrons. The van der Waals surface area contributed by atoms with Gasteiger partial charge < -0.3 is 9.15 Å². The number of hydrogen-bond acceptors (Lipinski definition) is 3. The van der Waals surface area contributed by atoms with Gasteiger partial charge in [0.25, 0.3) is 0 Å². The van der Waals surface area contributed by atoms with Crippen molar-refractivity contribution in [3.63, 3.8) is 0 Å². The third-order valence-corrected chi connectivity index (χ3v) is 3.35. The lowest BCUT2D eigenvalue weighted by Gasteiger charge is -2.06. The molecule has 1 heterocycles. The van der Waals surface area contributed by atoms with E-state index in [0.717, 1.165) is 16.8 Å². The van der Waals surface area contributed by atoms with Crippen molar-refractivity contribution in [3.05, 3.63) is 71.1 Å². The summed E-state index contributed by atoms with van der Waals surface area (Å²) >= 11 is 6.09. The quantitative estimate of drug-likeness (QED) is 0.688. The molecule has 21 heavy (non-hydrogen) atoms. The van der Waals surface area contributed by atoms with E-state index >= 15 is 0 Å². The molecule has 0 saturated heterocycles. The van der Waals surface area contributed by atoms with Crippen LogP contribution in [0.1, 0.15) is 11.3 Å². The van der Waals surface area contributed by atoms with Crippen molar-refractivity contribution >= 4 is 11.6 Å². The molecular formula is C17H14ClNO2. The van der Waals surface area contributed by atoms with Gasteiger partial charge in [-0.25, -0.2) is 4.98 Å². The van der Waals surface area contributed by atoms with Gasteiger partial charge in [-0.05, 0) is 36.8 Å². The third kappa shape index (κ3) is 3.26. The summed E-state index contributed by atoms with van der Waals surface area (Å²) in [6.07, 6.45) is 1.60. The molecule has 4 heteroatoms. The highest BCUT2D eigenvalue weighted by Gasteiger charge is 2.08. The fourth-order valence-corrected chi connectivity index (χ4v) is 2.13. The molecule has 3 rings (SSSR count). The van der Waals surface area contributed by atoms with Gasteiger partial charge in [0.05, 0.1) is 5.02 Å². The lowest BCUT2D eigenvalue weighted by Crippen LogP contribution is -1.96. The molecule has 0 aliphatic carbocycles. The van der Waals surface area contributed by atoms with Crippen LogP contribution in [0.4, 0.5) is 0 Å². The summed E-state index contributed by atoms with van der Waals surface area (Å²) in [5.41, 5.74) is 2.77. The van der Waals surface area contributed by atoms with Crippen molar-refractivity contribution in [2.75, 3.05) is 0 Å². The molecule has 0 spiro atoms. The summed E-state index contributed by atoms with van der Waals surface area (Å²) in [6, 6.07) is 15.4. The van der Waals surface area contributed by atoms with Gasteiger partial charge in [0.15, 0.2) is 0 Å².